The Balaban J connectivity index is 1.35. The number of ether oxygens (including phenoxy) is 2. The van der Waals surface area contributed by atoms with Crippen molar-refractivity contribution in [1.82, 2.24) is 14.8 Å². The van der Waals surface area contributed by atoms with Crippen LogP contribution in [0.25, 0.3) is 10.6 Å². The number of piperazine rings is 1. The molecule has 2 fully saturated rings. The molecule has 4 rings (SSSR count). The van der Waals surface area contributed by atoms with Crippen LogP contribution in [0.5, 0.6) is 5.75 Å². The molecule has 1 aromatic heterocycles. The van der Waals surface area contributed by atoms with Crippen molar-refractivity contribution in [3.05, 3.63) is 35.3 Å². The molecule has 1 unspecified atom stereocenters. The molecule has 1 atom stereocenters. The zero-order valence-electron chi connectivity index (χ0n) is 16.5. The molecule has 29 heavy (non-hydrogen) atoms. The van der Waals surface area contributed by atoms with Crippen molar-refractivity contribution in [1.29, 1.82) is 0 Å². The van der Waals surface area contributed by atoms with Gasteiger partial charge in [0.25, 0.3) is 11.8 Å². The number of hydrogen-bond donors (Lipinski definition) is 0. The van der Waals surface area contributed by atoms with Gasteiger partial charge in [0.15, 0.2) is 0 Å². The second-order valence-corrected chi connectivity index (χ2v) is 7.97. The molecule has 3 heterocycles. The molecule has 2 aliphatic rings. The van der Waals surface area contributed by atoms with Gasteiger partial charge in [0.1, 0.15) is 22.6 Å². The number of nitrogens with zero attached hydrogens (tertiary/aromatic N) is 3. The van der Waals surface area contributed by atoms with E-state index in [4.69, 9.17) is 9.47 Å². The molecule has 1 aromatic carbocycles. The molecule has 0 bridgehead atoms. The second-order valence-electron chi connectivity index (χ2n) is 7.11. The Kier molecular flexibility index (Phi) is 6.10. The van der Waals surface area contributed by atoms with Crippen LogP contribution in [0.4, 0.5) is 0 Å². The lowest BCUT2D eigenvalue weighted by Crippen LogP contribution is -2.52. The number of carbonyl (C=O) groups excluding carboxylic acids is 2. The van der Waals surface area contributed by atoms with E-state index in [1.807, 2.05) is 36.1 Å². The van der Waals surface area contributed by atoms with Crippen molar-refractivity contribution in [2.75, 3.05) is 39.4 Å². The maximum Gasteiger partial charge on any atom is 0.273 e. The van der Waals surface area contributed by atoms with E-state index in [9.17, 15) is 9.59 Å². The SMILES string of the molecule is CCOc1ccc(-c2nc(C(=O)N3CCN(C(=O)C4CCCO4)CC3)cs2)cc1. The minimum atomic E-state index is -0.299. The van der Waals surface area contributed by atoms with Crippen LogP contribution in [0.3, 0.4) is 0 Å². The predicted molar refractivity (Wildman–Crippen MR) is 110 cm³/mol. The summed E-state index contributed by atoms with van der Waals surface area (Å²) in [7, 11) is 0. The van der Waals surface area contributed by atoms with Gasteiger partial charge in [-0.3, -0.25) is 9.59 Å². The van der Waals surface area contributed by atoms with Crippen molar-refractivity contribution < 1.29 is 19.1 Å². The van der Waals surface area contributed by atoms with E-state index in [1.54, 1.807) is 10.3 Å². The van der Waals surface area contributed by atoms with Gasteiger partial charge in [-0.2, -0.15) is 0 Å². The maximum absolute atomic E-state index is 12.8. The summed E-state index contributed by atoms with van der Waals surface area (Å²) >= 11 is 1.46. The molecular weight excluding hydrogens is 390 g/mol. The van der Waals surface area contributed by atoms with E-state index in [1.165, 1.54) is 11.3 Å². The molecule has 0 N–H and O–H groups in total. The number of aromatic nitrogens is 1. The third-order valence-corrected chi connectivity index (χ3v) is 6.11. The molecule has 2 aromatic rings. The molecule has 0 spiro atoms. The highest BCUT2D eigenvalue weighted by Gasteiger charge is 2.32. The first-order valence-electron chi connectivity index (χ1n) is 10.0. The Bertz CT molecular complexity index is 853. The summed E-state index contributed by atoms with van der Waals surface area (Å²) in [6.45, 7) is 5.36. The normalized spacial score (nSPS) is 19.4. The quantitative estimate of drug-likeness (QED) is 0.751. The topological polar surface area (TPSA) is 72.0 Å². The van der Waals surface area contributed by atoms with Crippen molar-refractivity contribution in [2.45, 2.75) is 25.9 Å². The van der Waals surface area contributed by atoms with Crippen molar-refractivity contribution >= 4 is 23.2 Å². The van der Waals surface area contributed by atoms with E-state index in [-0.39, 0.29) is 17.9 Å². The molecule has 2 aliphatic heterocycles. The lowest BCUT2D eigenvalue weighted by molar-refractivity contribution is -0.142. The first kappa shape index (κ1) is 19.8. The first-order chi connectivity index (χ1) is 14.2. The third kappa shape index (κ3) is 4.43. The Labute approximate surface area is 174 Å². The Morgan fingerprint density at radius 2 is 1.90 bits per heavy atom. The van der Waals surface area contributed by atoms with Gasteiger partial charge >= 0.3 is 0 Å². The predicted octanol–water partition coefficient (Wildman–Crippen LogP) is 2.67. The van der Waals surface area contributed by atoms with Gasteiger partial charge in [-0.15, -0.1) is 11.3 Å². The fourth-order valence-electron chi connectivity index (χ4n) is 3.63. The van der Waals surface area contributed by atoms with Crippen LogP contribution in [0, 0.1) is 0 Å². The Morgan fingerprint density at radius 1 is 1.17 bits per heavy atom. The van der Waals surface area contributed by atoms with Crippen LogP contribution >= 0.6 is 11.3 Å². The molecular formula is C21H25N3O4S. The molecule has 0 saturated carbocycles. The highest BCUT2D eigenvalue weighted by molar-refractivity contribution is 7.13. The van der Waals surface area contributed by atoms with Crippen LogP contribution in [-0.2, 0) is 9.53 Å². The summed E-state index contributed by atoms with van der Waals surface area (Å²) in [5.41, 5.74) is 1.42. The average molecular weight is 416 g/mol. The van der Waals surface area contributed by atoms with Crippen LogP contribution in [-0.4, -0.2) is 72.1 Å². The summed E-state index contributed by atoms with van der Waals surface area (Å²) in [5.74, 6) is 0.795. The molecule has 8 heteroatoms. The highest BCUT2D eigenvalue weighted by atomic mass is 32.1. The van der Waals surface area contributed by atoms with E-state index in [0.29, 0.717) is 45.1 Å². The van der Waals surface area contributed by atoms with Crippen LogP contribution < -0.4 is 4.74 Å². The molecule has 154 valence electrons. The van der Waals surface area contributed by atoms with Gasteiger partial charge in [0.2, 0.25) is 0 Å². The van der Waals surface area contributed by atoms with E-state index < -0.39 is 0 Å². The Morgan fingerprint density at radius 3 is 2.55 bits per heavy atom. The number of thiazole rings is 1. The lowest BCUT2D eigenvalue weighted by atomic mass is 10.2. The summed E-state index contributed by atoms with van der Waals surface area (Å²) in [5, 5.41) is 2.61. The monoisotopic (exact) mass is 415 g/mol. The first-order valence-corrected chi connectivity index (χ1v) is 10.9. The lowest BCUT2D eigenvalue weighted by Gasteiger charge is -2.35. The summed E-state index contributed by atoms with van der Waals surface area (Å²) in [6.07, 6.45) is 1.44. The fraction of sp³-hybridized carbons (Fsp3) is 0.476. The second kappa shape index (κ2) is 8.92. The van der Waals surface area contributed by atoms with E-state index in [0.717, 1.165) is 29.2 Å². The third-order valence-electron chi connectivity index (χ3n) is 5.22. The zero-order chi connectivity index (χ0) is 20.2. The van der Waals surface area contributed by atoms with Gasteiger partial charge < -0.3 is 19.3 Å². The van der Waals surface area contributed by atoms with Crippen LogP contribution in [0.1, 0.15) is 30.3 Å². The molecule has 2 amide bonds. The zero-order valence-corrected chi connectivity index (χ0v) is 17.3. The van der Waals surface area contributed by atoms with Crippen molar-refractivity contribution in [3.8, 4) is 16.3 Å². The molecule has 2 saturated heterocycles. The van der Waals surface area contributed by atoms with Gasteiger partial charge in [-0.1, -0.05) is 0 Å². The number of benzene rings is 1. The maximum atomic E-state index is 12.8. The summed E-state index contributed by atoms with van der Waals surface area (Å²) < 4.78 is 11.0. The largest absolute Gasteiger partial charge is 0.494 e. The minimum Gasteiger partial charge on any atom is -0.494 e. The van der Waals surface area contributed by atoms with E-state index >= 15 is 0 Å². The average Bonchev–Trinajstić information content (AvgIpc) is 3.46. The van der Waals surface area contributed by atoms with Gasteiger partial charge in [-0.05, 0) is 44.0 Å². The Hall–Kier alpha value is -2.45. The standard InChI is InChI=1S/C21H25N3O4S/c1-2-27-16-7-5-15(6-8-16)19-22-17(14-29-19)20(25)23-9-11-24(12-10-23)21(26)18-4-3-13-28-18/h5-8,14,18H,2-4,9-13H2,1H3. The molecule has 0 radical (unpaired) electrons. The van der Waals surface area contributed by atoms with Crippen molar-refractivity contribution in [2.24, 2.45) is 0 Å². The van der Waals surface area contributed by atoms with Gasteiger partial charge in [0, 0.05) is 43.7 Å². The smallest absolute Gasteiger partial charge is 0.273 e. The number of hydrogen-bond acceptors (Lipinski definition) is 6. The van der Waals surface area contributed by atoms with E-state index in [2.05, 4.69) is 4.98 Å². The summed E-state index contributed by atoms with van der Waals surface area (Å²) in [4.78, 5) is 33.4. The van der Waals surface area contributed by atoms with Crippen LogP contribution in [0.15, 0.2) is 29.6 Å². The van der Waals surface area contributed by atoms with Gasteiger partial charge in [0.05, 0.1) is 6.61 Å². The number of carbonyl (C=O) groups is 2. The van der Waals surface area contributed by atoms with Crippen LogP contribution in [0.2, 0.25) is 0 Å². The number of rotatable bonds is 5. The number of amides is 2. The highest BCUT2D eigenvalue weighted by Crippen LogP contribution is 2.26. The minimum absolute atomic E-state index is 0.0565. The summed E-state index contributed by atoms with van der Waals surface area (Å²) in [6, 6.07) is 7.72. The fourth-order valence-corrected chi connectivity index (χ4v) is 4.43. The molecule has 7 nitrogen and oxygen atoms in total. The van der Waals surface area contributed by atoms with Crippen molar-refractivity contribution in [3.63, 3.8) is 0 Å². The molecule has 0 aliphatic carbocycles. The van der Waals surface area contributed by atoms with Gasteiger partial charge in [-0.25, -0.2) is 4.98 Å².